The van der Waals surface area contributed by atoms with E-state index in [0.717, 1.165) is 6.20 Å². The van der Waals surface area contributed by atoms with Crippen molar-refractivity contribution in [2.45, 2.75) is 26.9 Å². The summed E-state index contributed by atoms with van der Waals surface area (Å²) in [7, 11) is 0. The number of hydrogen-bond acceptors (Lipinski definition) is 4. The van der Waals surface area contributed by atoms with Crippen LogP contribution in [-0.2, 0) is 11.0 Å². The SMILES string of the molecule is CC(C)(C)C(=O)/C(C#N)=C\N=c1c(Cl)cc(C(F)(F)F)cn1O. The Balaban J connectivity index is 3.42. The molecule has 0 atom stereocenters. The first kappa shape index (κ1) is 18.8. The minimum Gasteiger partial charge on any atom is -0.427 e. The lowest BCUT2D eigenvalue weighted by molar-refractivity contribution is -0.138. The molecule has 5 nitrogen and oxygen atoms in total. The molecule has 0 radical (unpaired) electrons. The molecule has 1 rings (SSSR count). The van der Waals surface area contributed by atoms with E-state index in [2.05, 4.69) is 4.99 Å². The molecule has 0 bridgehead atoms. The van der Waals surface area contributed by atoms with Crippen molar-refractivity contribution in [3.8, 4) is 6.07 Å². The molecule has 0 saturated carbocycles. The second-order valence-corrected chi connectivity index (χ2v) is 6.01. The number of ketones is 1. The Labute approximate surface area is 134 Å². The number of Topliss-reactive ketones (excluding diaryl/α,β-unsaturated/α-hetero) is 1. The number of rotatable bonds is 2. The molecular weight excluding hydrogens is 335 g/mol. The van der Waals surface area contributed by atoms with Crippen molar-refractivity contribution in [3.05, 3.63) is 40.1 Å². The van der Waals surface area contributed by atoms with Crippen LogP contribution in [0.4, 0.5) is 13.2 Å². The van der Waals surface area contributed by atoms with Gasteiger partial charge in [0.05, 0.1) is 23.0 Å². The summed E-state index contributed by atoms with van der Waals surface area (Å²) in [4.78, 5) is 15.6. The average molecular weight is 348 g/mol. The summed E-state index contributed by atoms with van der Waals surface area (Å²) in [5.41, 5.74) is -2.75. The highest BCUT2D eigenvalue weighted by Gasteiger charge is 2.32. The number of halogens is 4. The fraction of sp³-hybridized carbons (Fsp3) is 0.357. The maximum absolute atomic E-state index is 12.6. The van der Waals surface area contributed by atoms with Crippen molar-refractivity contribution >= 4 is 17.4 Å². The minimum atomic E-state index is -4.69. The van der Waals surface area contributed by atoms with Crippen molar-refractivity contribution in [2.75, 3.05) is 0 Å². The van der Waals surface area contributed by atoms with Crippen molar-refractivity contribution in [1.29, 1.82) is 5.26 Å². The van der Waals surface area contributed by atoms with E-state index in [1.807, 2.05) is 0 Å². The minimum absolute atomic E-state index is 0.0816. The lowest BCUT2D eigenvalue weighted by Crippen LogP contribution is -2.23. The molecule has 1 N–H and O–H groups in total. The van der Waals surface area contributed by atoms with Gasteiger partial charge in [-0.3, -0.25) is 4.79 Å². The molecule has 0 unspecified atom stereocenters. The van der Waals surface area contributed by atoms with Crippen LogP contribution in [0, 0.1) is 16.7 Å². The summed E-state index contributed by atoms with van der Waals surface area (Å²) in [5.74, 6) is -0.503. The van der Waals surface area contributed by atoms with Gasteiger partial charge in [0.2, 0.25) is 0 Å². The molecule has 9 heteroatoms. The van der Waals surface area contributed by atoms with Crippen molar-refractivity contribution in [3.63, 3.8) is 0 Å². The van der Waals surface area contributed by atoms with Gasteiger partial charge in [-0.05, 0) is 6.07 Å². The van der Waals surface area contributed by atoms with E-state index in [4.69, 9.17) is 16.9 Å². The highest BCUT2D eigenvalue weighted by molar-refractivity contribution is 6.30. The van der Waals surface area contributed by atoms with Crippen LogP contribution >= 0.6 is 11.6 Å². The topological polar surface area (TPSA) is 78.4 Å². The van der Waals surface area contributed by atoms with Gasteiger partial charge in [0, 0.05) is 5.41 Å². The van der Waals surface area contributed by atoms with Gasteiger partial charge in [0.1, 0.15) is 11.6 Å². The molecule has 1 aromatic rings. The van der Waals surface area contributed by atoms with E-state index in [0.29, 0.717) is 12.3 Å². The Kier molecular flexibility index (Phi) is 5.28. The third-order valence-corrected chi connectivity index (χ3v) is 2.94. The molecule has 0 aliphatic carbocycles. The number of nitrogens with zero attached hydrogens (tertiary/aromatic N) is 3. The normalized spacial score (nSPS) is 13.8. The molecule has 0 fully saturated rings. The first-order chi connectivity index (χ1) is 10.4. The average Bonchev–Trinajstić information content (AvgIpc) is 2.39. The van der Waals surface area contributed by atoms with Gasteiger partial charge in [0.25, 0.3) is 0 Å². The summed E-state index contributed by atoms with van der Waals surface area (Å²) < 4.78 is 37.8. The molecule has 0 aliphatic heterocycles. The highest BCUT2D eigenvalue weighted by atomic mass is 35.5. The second-order valence-electron chi connectivity index (χ2n) is 5.61. The molecule has 1 aromatic heterocycles. The molecule has 0 aromatic carbocycles. The van der Waals surface area contributed by atoms with Crippen LogP contribution in [0.5, 0.6) is 0 Å². The van der Waals surface area contributed by atoms with Crippen molar-refractivity contribution in [1.82, 2.24) is 4.73 Å². The lowest BCUT2D eigenvalue weighted by Gasteiger charge is -2.14. The predicted molar refractivity (Wildman–Crippen MR) is 75.3 cm³/mol. The fourth-order valence-electron chi connectivity index (χ4n) is 1.48. The maximum atomic E-state index is 12.6. The Morgan fingerprint density at radius 2 is 2.00 bits per heavy atom. The van der Waals surface area contributed by atoms with Crippen molar-refractivity contribution < 1.29 is 23.2 Å². The van der Waals surface area contributed by atoms with Gasteiger partial charge in [-0.2, -0.15) is 23.2 Å². The molecule has 0 saturated heterocycles. The standard InChI is InChI=1S/C14H13ClF3N3O2/c1-13(2,3)11(22)8(5-19)6-20-12-10(15)4-9(7-21(12)23)14(16,17)18/h4,6-7,23H,1-3H3/b8-6-,20-12?. The number of hydrogen-bond donors (Lipinski definition) is 1. The van der Waals surface area contributed by atoms with Gasteiger partial charge in [-0.15, -0.1) is 0 Å². The maximum Gasteiger partial charge on any atom is 0.417 e. The zero-order valence-electron chi connectivity index (χ0n) is 12.4. The van der Waals surface area contributed by atoms with E-state index < -0.39 is 33.4 Å². The Morgan fingerprint density at radius 3 is 2.39 bits per heavy atom. The van der Waals surface area contributed by atoms with Crippen LogP contribution in [0.1, 0.15) is 26.3 Å². The van der Waals surface area contributed by atoms with E-state index in [-0.39, 0.29) is 10.3 Å². The highest BCUT2D eigenvalue weighted by Crippen LogP contribution is 2.29. The molecule has 0 aliphatic rings. The van der Waals surface area contributed by atoms with E-state index in [9.17, 15) is 23.2 Å². The number of nitriles is 1. The van der Waals surface area contributed by atoms with Gasteiger partial charge in [0.15, 0.2) is 11.3 Å². The zero-order valence-corrected chi connectivity index (χ0v) is 13.2. The number of allylic oxidation sites excluding steroid dienone is 1. The number of carbonyl (C=O) groups is 1. The third kappa shape index (κ3) is 4.60. The summed E-state index contributed by atoms with van der Waals surface area (Å²) >= 11 is 5.67. The summed E-state index contributed by atoms with van der Waals surface area (Å²) in [6.45, 7) is 4.79. The molecule has 23 heavy (non-hydrogen) atoms. The van der Waals surface area contributed by atoms with Crippen LogP contribution in [0.25, 0.3) is 0 Å². The largest absolute Gasteiger partial charge is 0.427 e. The van der Waals surface area contributed by atoms with E-state index in [1.54, 1.807) is 26.8 Å². The molecule has 0 spiro atoms. The van der Waals surface area contributed by atoms with E-state index >= 15 is 0 Å². The van der Waals surface area contributed by atoms with Gasteiger partial charge >= 0.3 is 6.18 Å². The fourth-order valence-corrected chi connectivity index (χ4v) is 1.74. The molecule has 124 valence electrons. The van der Waals surface area contributed by atoms with Gasteiger partial charge in [-0.25, -0.2) is 4.99 Å². The van der Waals surface area contributed by atoms with Gasteiger partial charge in [-0.1, -0.05) is 32.4 Å². The number of alkyl halides is 3. The lowest BCUT2D eigenvalue weighted by atomic mass is 9.87. The first-order valence-corrected chi connectivity index (χ1v) is 6.63. The Morgan fingerprint density at radius 1 is 1.43 bits per heavy atom. The zero-order chi connectivity index (χ0) is 18.0. The third-order valence-electron chi connectivity index (χ3n) is 2.66. The number of carbonyl (C=O) groups excluding carboxylic acids is 1. The summed E-state index contributed by atoms with van der Waals surface area (Å²) in [6.07, 6.45) is -3.45. The Hall–Kier alpha value is -2.27. The van der Waals surface area contributed by atoms with Gasteiger partial charge < -0.3 is 5.21 Å². The molecular formula is C14H13ClF3N3O2. The first-order valence-electron chi connectivity index (χ1n) is 6.25. The van der Waals surface area contributed by atoms with E-state index in [1.165, 1.54) is 0 Å². The van der Waals surface area contributed by atoms with Crippen molar-refractivity contribution in [2.24, 2.45) is 10.4 Å². The second kappa shape index (κ2) is 6.46. The predicted octanol–water partition coefficient (Wildman–Crippen LogP) is 3.32. The van der Waals surface area contributed by atoms with Crippen LogP contribution in [0.2, 0.25) is 5.02 Å². The summed E-state index contributed by atoms with van der Waals surface area (Å²) in [6, 6.07) is 2.24. The monoisotopic (exact) mass is 347 g/mol. The Bertz CT molecular complexity index is 739. The van der Waals surface area contributed by atoms with Crippen LogP contribution in [-0.4, -0.2) is 15.7 Å². The molecule has 1 heterocycles. The summed E-state index contributed by atoms with van der Waals surface area (Å²) in [5, 5.41) is 18.1. The number of aromatic nitrogens is 1. The van der Waals surface area contributed by atoms with Crippen LogP contribution in [0.3, 0.4) is 0 Å². The van der Waals surface area contributed by atoms with Crippen LogP contribution < -0.4 is 5.49 Å². The number of pyridine rings is 1. The van der Waals surface area contributed by atoms with Crippen LogP contribution in [0.15, 0.2) is 29.0 Å². The molecule has 0 amide bonds. The quantitative estimate of drug-likeness (QED) is 0.506. The smallest absolute Gasteiger partial charge is 0.417 e.